The van der Waals surface area contributed by atoms with Crippen molar-refractivity contribution in [3.05, 3.63) is 29.8 Å². The fourth-order valence-corrected chi connectivity index (χ4v) is 1.57. The number of nitrogens with zero attached hydrogens (tertiary/aromatic N) is 1. The molecule has 0 saturated carbocycles. The van der Waals surface area contributed by atoms with Gasteiger partial charge in [0.1, 0.15) is 0 Å². The molecule has 0 aliphatic heterocycles. The van der Waals surface area contributed by atoms with E-state index in [2.05, 4.69) is 43.3 Å². The van der Waals surface area contributed by atoms with Gasteiger partial charge in [0.05, 0.1) is 0 Å². The quantitative estimate of drug-likeness (QED) is 0.665. The Balaban J connectivity index is 2.64. The van der Waals surface area contributed by atoms with E-state index in [0.717, 1.165) is 19.4 Å². The third-order valence-corrected chi connectivity index (χ3v) is 2.27. The van der Waals surface area contributed by atoms with Crippen molar-refractivity contribution in [2.75, 3.05) is 32.7 Å². The van der Waals surface area contributed by atoms with Crippen molar-refractivity contribution in [1.82, 2.24) is 0 Å². The molecule has 0 heterocycles. The molecule has 0 aliphatic carbocycles. The Kier molecular flexibility index (Phi) is 4.47. The van der Waals surface area contributed by atoms with Crippen LogP contribution < -0.4 is 4.90 Å². The van der Waals surface area contributed by atoms with Crippen LogP contribution in [-0.2, 0) is 11.2 Å². The lowest BCUT2D eigenvalue weighted by Gasteiger charge is -2.17. The summed E-state index contributed by atoms with van der Waals surface area (Å²) < 4.78 is 5.05. The minimum atomic E-state index is 0.835. The van der Waals surface area contributed by atoms with Gasteiger partial charge < -0.3 is 9.64 Å². The van der Waals surface area contributed by atoms with Crippen molar-refractivity contribution in [1.29, 1.82) is 0 Å². The molecular weight excluding hydrogens is 174 g/mol. The molecule has 78 valence electrons. The summed E-state index contributed by atoms with van der Waals surface area (Å²) in [5, 5.41) is 0. The molecule has 1 aromatic rings. The summed E-state index contributed by atoms with van der Waals surface area (Å²) in [7, 11) is 5.90. The van der Waals surface area contributed by atoms with Gasteiger partial charge in [-0.3, -0.25) is 0 Å². The first-order valence-electron chi connectivity index (χ1n) is 5.00. The second kappa shape index (κ2) is 5.66. The molecule has 0 radical (unpaired) electrons. The van der Waals surface area contributed by atoms with E-state index in [0.29, 0.717) is 0 Å². The maximum atomic E-state index is 5.05. The number of rotatable bonds is 5. The number of methoxy groups -OCH3 is 1. The van der Waals surface area contributed by atoms with Crippen molar-refractivity contribution in [3.8, 4) is 0 Å². The lowest BCUT2D eigenvalue weighted by atomic mass is 10.1. The molecule has 1 aromatic carbocycles. The normalized spacial score (nSPS) is 10.2. The molecular formula is C12H19NO. The Labute approximate surface area is 86.5 Å². The first-order valence-corrected chi connectivity index (χ1v) is 5.00. The summed E-state index contributed by atoms with van der Waals surface area (Å²) in [4.78, 5) is 2.15. The van der Waals surface area contributed by atoms with Crippen molar-refractivity contribution in [2.24, 2.45) is 0 Å². The van der Waals surface area contributed by atoms with E-state index in [-0.39, 0.29) is 0 Å². The van der Waals surface area contributed by atoms with Crippen LogP contribution in [0.4, 0.5) is 5.69 Å². The van der Waals surface area contributed by atoms with E-state index in [1.54, 1.807) is 7.11 Å². The zero-order valence-corrected chi connectivity index (χ0v) is 9.29. The van der Waals surface area contributed by atoms with Crippen LogP contribution in [0.15, 0.2) is 24.3 Å². The van der Waals surface area contributed by atoms with Crippen LogP contribution in [0, 0.1) is 0 Å². The number of anilines is 1. The third kappa shape index (κ3) is 3.04. The van der Waals surface area contributed by atoms with Gasteiger partial charge in [-0.2, -0.15) is 0 Å². The highest BCUT2D eigenvalue weighted by Crippen LogP contribution is 2.19. The minimum Gasteiger partial charge on any atom is -0.385 e. The minimum absolute atomic E-state index is 0.835. The highest BCUT2D eigenvalue weighted by molar-refractivity contribution is 5.52. The second-order valence-electron chi connectivity index (χ2n) is 3.62. The van der Waals surface area contributed by atoms with Gasteiger partial charge in [0.15, 0.2) is 0 Å². The zero-order valence-electron chi connectivity index (χ0n) is 9.29. The summed E-state index contributed by atoms with van der Waals surface area (Å²) in [6, 6.07) is 8.51. The van der Waals surface area contributed by atoms with Gasteiger partial charge in [-0.15, -0.1) is 0 Å². The SMILES string of the molecule is COCCCc1ccccc1N(C)C. The molecule has 0 aromatic heterocycles. The van der Waals surface area contributed by atoms with Crippen LogP contribution in [0.5, 0.6) is 0 Å². The van der Waals surface area contributed by atoms with Gasteiger partial charge in [0.2, 0.25) is 0 Å². The van der Waals surface area contributed by atoms with Crippen molar-refractivity contribution in [3.63, 3.8) is 0 Å². The predicted octanol–water partition coefficient (Wildman–Crippen LogP) is 2.33. The van der Waals surface area contributed by atoms with E-state index in [1.807, 2.05) is 0 Å². The first kappa shape index (κ1) is 11.1. The van der Waals surface area contributed by atoms with Gasteiger partial charge in [-0.05, 0) is 24.5 Å². The maximum absolute atomic E-state index is 5.05. The molecule has 0 N–H and O–H groups in total. The molecule has 0 aliphatic rings. The molecule has 0 fully saturated rings. The van der Waals surface area contributed by atoms with Crippen molar-refractivity contribution >= 4 is 5.69 Å². The highest BCUT2D eigenvalue weighted by atomic mass is 16.5. The topological polar surface area (TPSA) is 12.5 Å². The molecule has 0 bridgehead atoms. The number of benzene rings is 1. The Morgan fingerprint density at radius 1 is 1.21 bits per heavy atom. The van der Waals surface area contributed by atoms with E-state index < -0.39 is 0 Å². The number of ether oxygens (including phenoxy) is 1. The molecule has 1 rings (SSSR count). The van der Waals surface area contributed by atoms with Crippen LogP contribution in [-0.4, -0.2) is 27.8 Å². The van der Waals surface area contributed by atoms with Gasteiger partial charge in [0, 0.05) is 33.5 Å². The van der Waals surface area contributed by atoms with Crippen molar-refractivity contribution in [2.45, 2.75) is 12.8 Å². The third-order valence-electron chi connectivity index (χ3n) is 2.27. The predicted molar refractivity (Wildman–Crippen MR) is 61.0 cm³/mol. The van der Waals surface area contributed by atoms with Crippen LogP contribution in [0.2, 0.25) is 0 Å². The van der Waals surface area contributed by atoms with Gasteiger partial charge in [-0.25, -0.2) is 0 Å². The number of para-hydroxylation sites is 1. The van der Waals surface area contributed by atoms with Gasteiger partial charge in [-0.1, -0.05) is 18.2 Å². The molecule has 0 atom stereocenters. The highest BCUT2D eigenvalue weighted by Gasteiger charge is 2.02. The largest absolute Gasteiger partial charge is 0.385 e. The molecule has 2 nitrogen and oxygen atoms in total. The summed E-state index contributed by atoms with van der Waals surface area (Å²) in [5.74, 6) is 0. The summed E-state index contributed by atoms with van der Waals surface area (Å²) in [6.45, 7) is 0.835. The van der Waals surface area contributed by atoms with Gasteiger partial charge in [0.25, 0.3) is 0 Å². The lowest BCUT2D eigenvalue weighted by molar-refractivity contribution is 0.195. The Hall–Kier alpha value is -1.02. The molecule has 14 heavy (non-hydrogen) atoms. The Morgan fingerprint density at radius 3 is 2.57 bits per heavy atom. The van der Waals surface area contributed by atoms with Crippen LogP contribution in [0.25, 0.3) is 0 Å². The van der Waals surface area contributed by atoms with E-state index in [1.165, 1.54) is 11.3 Å². The Bertz CT molecular complexity index is 271. The van der Waals surface area contributed by atoms with Crippen molar-refractivity contribution < 1.29 is 4.74 Å². The summed E-state index contributed by atoms with van der Waals surface area (Å²) in [6.07, 6.45) is 2.17. The van der Waals surface area contributed by atoms with E-state index >= 15 is 0 Å². The van der Waals surface area contributed by atoms with E-state index in [4.69, 9.17) is 4.74 Å². The summed E-state index contributed by atoms with van der Waals surface area (Å²) >= 11 is 0. The Morgan fingerprint density at radius 2 is 1.93 bits per heavy atom. The average molecular weight is 193 g/mol. The first-order chi connectivity index (χ1) is 6.75. The second-order valence-corrected chi connectivity index (χ2v) is 3.62. The number of aryl methyl sites for hydroxylation is 1. The molecule has 0 unspecified atom stereocenters. The standard InChI is InChI=1S/C12H19NO/c1-13(2)12-9-5-4-7-11(12)8-6-10-14-3/h4-5,7,9H,6,8,10H2,1-3H3. The molecule has 2 heteroatoms. The smallest absolute Gasteiger partial charge is 0.0465 e. The monoisotopic (exact) mass is 193 g/mol. The van der Waals surface area contributed by atoms with Crippen LogP contribution in [0.3, 0.4) is 0 Å². The molecule has 0 amide bonds. The van der Waals surface area contributed by atoms with Crippen LogP contribution in [0.1, 0.15) is 12.0 Å². The molecule has 0 saturated heterocycles. The number of hydrogen-bond donors (Lipinski definition) is 0. The lowest BCUT2D eigenvalue weighted by Crippen LogP contribution is -2.11. The van der Waals surface area contributed by atoms with Gasteiger partial charge >= 0.3 is 0 Å². The maximum Gasteiger partial charge on any atom is 0.0465 e. The fraction of sp³-hybridized carbons (Fsp3) is 0.500. The summed E-state index contributed by atoms with van der Waals surface area (Å²) in [5.41, 5.74) is 2.71. The average Bonchev–Trinajstić information content (AvgIpc) is 2.19. The van der Waals surface area contributed by atoms with E-state index in [9.17, 15) is 0 Å². The number of hydrogen-bond acceptors (Lipinski definition) is 2. The van der Waals surface area contributed by atoms with Crippen LogP contribution >= 0.6 is 0 Å². The molecule has 0 spiro atoms. The zero-order chi connectivity index (χ0) is 10.4. The fourth-order valence-electron chi connectivity index (χ4n) is 1.57.